The van der Waals surface area contributed by atoms with Gasteiger partial charge in [-0.25, -0.2) is 19.6 Å². The van der Waals surface area contributed by atoms with Gasteiger partial charge in [0.05, 0.1) is 28.5 Å². The number of imide groups is 2. The maximum atomic E-state index is 13.6. The molecule has 8 heteroatoms. The molecule has 172 valence electrons. The number of thiazole rings is 1. The SMILES string of the molecule is O=C1C(=O)N(C23CC4CC(CC(C4)C2)C3)C(=O)N1CN1CCC[C@@H]1c1nc2ccccc2s1. The number of carbonyl (C=O) groups is 3. The van der Waals surface area contributed by atoms with Gasteiger partial charge in [-0.3, -0.25) is 14.5 Å². The average molecular weight is 465 g/mol. The summed E-state index contributed by atoms with van der Waals surface area (Å²) in [6, 6.07) is 7.79. The zero-order valence-corrected chi connectivity index (χ0v) is 19.4. The number of amides is 4. The van der Waals surface area contributed by atoms with Crippen molar-refractivity contribution in [2.24, 2.45) is 17.8 Å². The van der Waals surface area contributed by atoms with E-state index in [0.717, 1.165) is 53.9 Å². The number of aromatic nitrogens is 1. The van der Waals surface area contributed by atoms with Crippen LogP contribution in [0.15, 0.2) is 24.3 Å². The third-order valence-corrected chi connectivity index (χ3v) is 9.95. The molecule has 4 saturated carbocycles. The van der Waals surface area contributed by atoms with Gasteiger partial charge in [-0.15, -0.1) is 11.3 Å². The molecule has 2 aliphatic heterocycles. The van der Waals surface area contributed by atoms with Crippen LogP contribution in [0.25, 0.3) is 10.2 Å². The van der Waals surface area contributed by atoms with Crippen LogP contribution in [0.5, 0.6) is 0 Å². The molecule has 7 nitrogen and oxygen atoms in total. The van der Waals surface area contributed by atoms with Crippen molar-refractivity contribution >= 4 is 39.4 Å². The van der Waals surface area contributed by atoms with E-state index in [2.05, 4.69) is 11.0 Å². The molecule has 4 bridgehead atoms. The van der Waals surface area contributed by atoms with E-state index in [4.69, 9.17) is 4.98 Å². The van der Waals surface area contributed by atoms with Gasteiger partial charge in [0.25, 0.3) is 0 Å². The zero-order chi connectivity index (χ0) is 22.3. The van der Waals surface area contributed by atoms with Gasteiger partial charge in [-0.1, -0.05) is 12.1 Å². The number of rotatable bonds is 4. The van der Waals surface area contributed by atoms with Crippen molar-refractivity contribution in [2.75, 3.05) is 13.2 Å². The Bertz CT molecular complexity index is 1110. The largest absolute Gasteiger partial charge is 0.335 e. The first-order chi connectivity index (χ1) is 16.0. The van der Waals surface area contributed by atoms with E-state index in [-0.39, 0.29) is 18.7 Å². The number of para-hydroxylation sites is 1. The van der Waals surface area contributed by atoms with Crippen molar-refractivity contribution in [1.82, 2.24) is 19.7 Å². The molecule has 0 N–H and O–H groups in total. The number of hydrogen-bond donors (Lipinski definition) is 0. The lowest BCUT2D eigenvalue weighted by Crippen LogP contribution is -2.62. The smallest absolute Gasteiger partial charge is 0.276 e. The molecule has 4 aliphatic carbocycles. The molecule has 8 rings (SSSR count). The van der Waals surface area contributed by atoms with Gasteiger partial charge in [-0.2, -0.15) is 0 Å². The number of fused-ring (bicyclic) bond motifs is 1. The molecule has 3 heterocycles. The molecule has 1 atom stereocenters. The molecule has 4 amide bonds. The fourth-order valence-electron chi connectivity index (χ4n) is 7.88. The molecule has 2 saturated heterocycles. The first-order valence-corrected chi connectivity index (χ1v) is 13.1. The van der Waals surface area contributed by atoms with Crippen LogP contribution in [-0.4, -0.2) is 56.3 Å². The van der Waals surface area contributed by atoms with Crippen LogP contribution in [0.3, 0.4) is 0 Å². The molecule has 2 aromatic rings. The summed E-state index contributed by atoms with van der Waals surface area (Å²) in [5.41, 5.74) is 0.561. The molecular formula is C25H28N4O3S. The molecule has 1 aromatic heterocycles. The number of nitrogens with zero attached hydrogens (tertiary/aromatic N) is 4. The number of urea groups is 1. The zero-order valence-electron chi connectivity index (χ0n) is 18.6. The molecule has 6 aliphatic rings. The van der Waals surface area contributed by atoms with Gasteiger partial charge in [0.2, 0.25) is 0 Å². The molecular weight excluding hydrogens is 436 g/mol. The Kier molecular flexibility index (Phi) is 4.32. The van der Waals surface area contributed by atoms with Gasteiger partial charge in [0.1, 0.15) is 5.01 Å². The van der Waals surface area contributed by atoms with Crippen LogP contribution in [0.1, 0.15) is 62.4 Å². The average Bonchev–Trinajstić information content (AvgIpc) is 3.46. The van der Waals surface area contributed by atoms with Crippen LogP contribution in [0.2, 0.25) is 0 Å². The second-order valence-corrected chi connectivity index (χ2v) is 12.0. The lowest BCUT2D eigenvalue weighted by atomic mass is 9.52. The van der Waals surface area contributed by atoms with Crippen molar-refractivity contribution in [1.29, 1.82) is 0 Å². The van der Waals surface area contributed by atoms with Gasteiger partial charge >= 0.3 is 17.8 Å². The Morgan fingerprint density at radius 1 is 0.970 bits per heavy atom. The highest BCUT2D eigenvalue weighted by Gasteiger charge is 2.61. The van der Waals surface area contributed by atoms with Crippen LogP contribution in [-0.2, 0) is 9.59 Å². The first-order valence-electron chi connectivity index (χ1n) is 12.3. The highest BCUT2D eigenvalue weighted by molar-refractivity contribution is 7.18. The first kappa shape index (κ1) is 20.1. The Labute approximate surface area is 196 Å². The molecule has 0 spiro atoms. The van der Waals surface area contributed by atoms with Gasteiger partial charge in [0, 0.05) is 6.54 Å². The second-order valence-electron chi connectivity index (χ2n) is 10.9. The summed E-state index contributed by atoms with van der Waals surface area (Å²) in [5, 5.41) is 1.03. The fraction of sp³-hybridized carbons (Fsp3) is 0.600. The quantitative estimate of drug-likeness (QED) is 0.502. The molecule has 0 radical (unpaired) electrons. The number of likely N-dealkylation sites (tertiary alicyclic amines) is 1. The van der Waals surface area contributed by atoms with Gasteiger partial charge in [0.15, 0.2) is 0 Å². The third-order valence-electron chi connectivity index (χ3n) is 8.82. The minimum atomic E-state index is -0.648. The van der Waals surface area contributed by atoms with E-state index in [1.165, 1.54) is 29.1 Å². The summed E-state index contributed by atoms with van der Waals surface area (Å²) in [5.74, 6) is 0.553. The minimum Gasteiger partial charge on any atom is -0.276 e. The van der Waals surface area contributed by atoms with Crippen LogP contribution < -0.4 is 0 Å². The van der Waals surface area contributed by atoms with Crippen LogP contribution in [0.4, 0.5) is 4.79 Å². The maximum absolute atomic E-state index is 13.6. The molecule has 33 heavy (non-hydrogen) atoms. The van der Waals surface area contributed by atoms with E-state index in [0.29, 0.717) is 17.8 Å². The molecule has 1 aromatic carbocycles. The molecule has 0 unspecified atom stereocenters. The summed E-state index contributed by atoms with van der Waals surface area (Å²) in [4.78, 5) is 49.4. The monoisotopic (exact) mass is 464 g/mol. The topological polar surface area (TPSA) is 73.8 Å². The lowest BCUT2D eigenvalue weighted by molar-refractivity contribution is -0.150. The lowest BCUT2D eigenvalue weighted by Gasteiger charge is -2.58. The van der Waals surface area contributed by atoms with Crippen molar-refractivity contribution in [3.63, 3.8) is 0 Å². The fourth-order valence-corrected chi connectivity index (χ4v) is 9.01. The number of benzene rings is 1. The Morgan fingerprint density at radius 2 is 1.67 bits per heavy atom. The summed E-state index contributed by atoms with van der Waals surface area (Å²) in [7, 11) is 0. The van der Waals surface area contributed by atoms with Gasteiger partial charge < -0.3 is 0 Å². The van der Waals surface area contributed by atoms with E-state index in [9.17, 15) is 14.4 Å². The Balaban J connectivity index is 1.15. The number of hydrogen-bond acceptors (Lipinski definition) is 6. The van der Waals surface area contributed by atoms with Crippen LogP contribution in [0, 0.1) is 17.8 Å². The van der Waals surface area contributed by atoms with E-state index >= 15 is 0 Å². The van der Waals surface area contributed by atoms with Crippen molar-refractivity contribution < 1.29 is 14.4 Å². The van der Waals surface area contributed by atoms with Gasteiger partial charge in [-0.05, 0) is 81.3 Å². The van der Waals surface area contributed by atoms with Crippen LogP contribution >= 0.6 is 11.3 Å². The summed E-state index contributed by atoms with van der Waals surface area (Å²) < 4.78 is 1.15. The summed E-state index contributed by atoms with van der Waals surface area (Å²) in [6.07, 6.45) is 8.27. The van der Waals surface area contributed by atoms with Crippen molar-refractivity contribution in [3.8, 4) is 0 Å². The molecule has 6 fully saturated rings. The van der Waals surface area contributed by atoms with E-state index in [1.807, 2.05) is 18.2 Å². The minimum absolute atomic E-state index is 0.0756. The summed E-state index contributed by atoms with van der Waals surface area (Å²) >= 11 is 1.68. The highest BCUT2D eigenvalue weighted by Crippen LogP contribution is 2.58. The van der Waals surface area contributed by atoms with Crippen molar-refractivity contribution in [3.05, 3.63) is 29.3 Å². The van der Waals surface area contributed by atoms with E-state index in [1.54, 1.807) is 11.3 Å². The Hall–Kier alpha value is -2.32. The predicted molar refractivity (Wildman–Crippen MR) is 123 cm³/mol. The summed E-state index contributed by atoms with van der Waals surface area (Å²) in [6.45, 7) is 0.968. The highest BCUT2D eigenvalue weighted by atomic mass is 32.1. The third kappa shape index (κ3) is 2.96. The van der Waals surface area contributed by atoms with Crippen molar-refractivity contribution in [2.45, 2.75) is 62.9 Å². The Morgan fingerprint density at radius 3 is 2.36 bits per heavy atom. The maximum Gasteiger partial charge on any atom is 0.335 e. The standard InChI is InChI=1S/C25H28N4O3S/c30-22-23(31)29(25-11-15-8-16(12-25)10-17(9-15)13-25)24(32)28(22)14-27-7-3-5-19(27)21-26-18-4-1-2-6-20(18)33-21/h1-2,4,6,15-17,19H,3,5,7-14H2/t15?,16?,17?,19-,25?/m1/s1. The second kappa shape index (κ2) is 7.09. The van der Waals surface area contributed by atoms with E-state index < -0.39 is 17.4 Å². The number of carbonyl (C=O) groups excluding carboxylic acids is 3. The predicted octanol–water partition coefficient (Wildman–Crippen LogP) is 4.15. The normalized spacial score (nSPS) is 36.2.